The minimum Gasteiger partial charge on any atom is -0.392 e. The van der Waals surface area contributed by atoms with Gasteiger partial charge in [0.25, 0.3) is 11.5 Å². The van der Waals surface area contributed by atoms with Gasteiger partial charge in [0.15, 0.2) is 5.82 Å². The van der Waals surface area contributed by atoms with Gasteiger partial charge in [-0.3, -0.25) is 29.1 Å². The quantitative estimate of drug-likeness (QED) is 0.202. The van der Waals surface area contributed by atoms with E-state index in [-0.39, 0.29) is 28.6 Å². The number of aryl methyl sites for hydroxylation is 1. The van der Waals surface area contributed by atoms with Crippen LogP contribution in [-0.4, -0.2) is 97.8 Å². The number of nitrogens with zero attached hydrogens (tertiary/aromatic N) is 7. The van der Waals surface area contributed by atoms with E-state index in [9.17, 15) is 19.5 Å². The molecule has 2 amide bonds. The molecule has 2 fully saturated rings. The maximum atomic E-state index is 14.0. The minimum absolute atomic E-state index is 0.0562. The Morgan fingerprint density at radius 3 is 2.54 bits per heavy atom. The third-order valence-corrected chi connectivity index (χ3v) is 12.0. The van der Waals surface area contributed by atoms with Crippen LogP contribution in [0.15, 0.2) is 60.2 Å². The molecule has 3 aromatic heterocycles. The molecular formula is C42H51N9O5. The van der Waals surface area contributed by atoms with Crippen LogP contribution in [0.4, 0.5) is 23.0 Å². The van der Waals surface area contributed by atoms with Crippen molar-refractivity contribution in [3.8, 4) is 11.3 Å². The Morgan fingerprint density at radius 1 is 1.07 bits per heavy atom. The Bertz CT molecular complexity index is 2280. The third-order valence-electron chi connectivity index (χ3n) is 12.0. The van der Waals surface area contributed by atoms with Gasteiger partial charge < -0.3 is 29.6 Å². The van der Waals surface area contributed by atoms with Gasteiger partial charge in [-0.2, -0.15) is 0 Å². The number of nitrogens with one attached hydrogen (secondary N) is 2. The topological polar surface area (TPSA) is 150 Å². The van der Waals surface area contributed by atoms with E-state index in [2.05, 4.69) is 64.3 Å². The SMILES string of the molecule is C=CC(=O)Nc1cc(Nc2nc(-c3ccnc(N4CCn5c(cc6c5CC(C)(C)C6)C4=O)c3CO)cn(C)c2=O)ccc1C(C)(C)N1CCN(C2COC2)CC1. The fourth-order valence-corrected chi connectivity index (χ4v) is 8.87. The van der Waals surface area contributed by atoms with Crippen LogP contribution in [0.25, 0.3) is 11.3 Å². The fourth-order valence-electron chi connectivity index (χ4n) is 8.87. The average molecular weight is 762 g/mol. The highest BCUT2D eigenvalue weighted by atomic mass is 16.5. The van der Waals surface area contributed by atoms with Gasteiger partial charge in [-0.25, -0.2) is 9.97 Å². The Balaban J connectivity index is 1.08. The molecule has 0 spiro atoms. The van der Waals surface area contributed by atoms with E-state index in [4.69, 9.17) is 9.72 Å². The highest BCUT2D eigenvalue weighted by molar-refractivity contribution is 6.06. The van der Waals surface area contributed by atoms with Crippen molar-refractivity contribution in [1.29, 1.82) is 0 Å². The van der Waals surface area contributed by atoms with Crippen molar-refractivity contribution in [3.63, 3.8) is 0 Å². The molecule has 0 saturated carbocycles. The maximum Gasteiger partial charge on any atom is 0.293 e. The van der Waals surface area contributed by atoms with Gasteiger partial charge in [-0.1, -0.05) is 26.5 Å². The van der Waals surface area contributed by atoms with Crippen LogP contribution >= 0.6 is 0 Å². The molecule has 14 nitrogen and oxygen atoms in total. The van der Waals surface area contributed by atoms with Crippen LogP contribution in [0.5, 0.6) is 0 Å². The van der Waals surface area contributed by atoms with Crippen LogP contribution in [0.1, 0.15) is 60.6 Å². The molecule has 8 rings (SSSR count). The number of aromatic nitrogens is 4. The first kappa shape index (κ1) is 37.8. The van der Waals surface area contributed by atoms with Gasteiger partial charge in [0, 0.05) is 92.4 Å². The monoisotopic (exact) mass is 761 g/mol. The molecule has 2 saturated heterocycles. The van der Waals surface area contributed by atoms with Crippen LogP contribution in [0, 0.1) is 5.41 Å². The number of carbonyl (C=O) groups excluding carboxylic acids is 2. The van der Waals surface area contributed by atoms with Crippen LogP contribution in [-0.2, 0) is 48.1 Å². The van der Waals surface area contributed by atoms with E-state index in [1.807, 2.05) is 24.3 Å². The summed E-state index contributed by atoms with van der Waals surface area (Å²) in [5.74, 6) is -0.0767. The highest BCUT2D eigenvalue weighted by Crippen LogP contribution is 2.41. The van der Waals surface area contributed by atoms with Gasteiger partial charge in [0.05, 0.1) is 31.6 Å². The third kappa shape index (κ3) is 6.74. The van der Waals surface area contributed by atoms with Gasteiger partial charge in [-0.15, -0.1) is 0 Å². The molecule has 0 bridgehead atoms. The largest absolute Gasteiger partial charge is 0.392 e. The van der Waals surface area contributed by atoms with E-state index >= 15 is 0 Å². The molecule has 56 heavy (non-hydrogen) atoms. The predicted molar refractivity (Wildman–Crippen MR) is 215 cm³/mol. The number of hydrogen-bond acceptors (Lipinski definition) is 10. The lowest BCUT2D eigenvalue weighted by Gasteiger charge is -2.48. The Hall–Kier alpha value is -5.15. The molecule has 1 aliphatic carbocycles. The summed E-state index contributed by atoms with van der Waals surface area (Å²) in [6, 6.07) is 9.91. The molecule has 294 valence electrons. The van der Waals surface area contributed by atoms with E-state index < -0.39 is 12.1 Å². The Labute approximate surface area is 326 Å². The number of rotatable bonds is 10. The molecule has 4 aliphatic rings. The number of pyridine rings is 1. The number of amides is 2. The van der Waals surface area contributed by atoms with Gasteiger partial charge in [0.2, 0.25) is 5.91 Å². The molecule has 0 unspecified atom stereocenters. The lowest BCUT2D eigenvalue weighted by molar-refractivity contribution is -0.111. The second-order valence-corrected chi connectivity index (χ2v) is 16.7. The number of ether oxygens (including phenoxy) is 1. The minimum atomic E-state index is -0.422. The molecule has 3 N–H and O–H groups in total. The highest BCUT2D eigenvalue weighted by Gasteiger charge is 2.39. The van der Waals surface area contributed by atoms with Crippen molar-refractivity contribution < 1.29 is 19.4 Å². The van der Waals surface area contributed by atoms with Crippen molar-refractivity contribution in [2.45, 2.75) is 65.3 Å². The lowest BCUT2D eigenvalue weighted by Crippen LogP contribution is -2.59. The number of aliphatic hydroxyl groups excluding tert-OH is 1. The standard InChI is InChI=1S/C42H51N9O5/c1-7-36(53)45-32-19-27(8-9-31(32)42(4,5)49-14-12-48(13-15-49)28-24-56-25-28)44-37-40(55)47(6)22-33(46-37)29-10-11-43-38(30(29)23-52)51-17-16-50-34(39(51)54)18-26-20-41(2,3)21-35(26)50/h7-11,18-19,22,28,52H,1,12-17,20-21,23-25H2,2-6H3,(H,44,46)(H,45,53). The van der Waals surface area contributed by atoms with Crippen molar-refractivity contribution >= 4 is 34.8 Å². The summed E-state index contributed by atoms with van der Waals surface area (Å²) >= 11 is 0. The summed E-state index contributed by atoms with van der Waals surface area (Å²) in [5.41, 5.74) is 5.97. The number of carbonyl (C=O) groups is 2. The van der Waals surface area contributed by atoms with Crippen LogP contribution in [0.3, 0.4) is 0 Å². The molecule has 0 radical (unpaired) electrons. The summed E-state index contributed by atoms with van der Waals surface area (Å²) in [6.07, 6.45) is 6.31. The maximum absolute atomic E-state index is 14.0. The first-order chi connectivity index (χ1) is 26.8. The molecular weight excluding hydrogens is 711 g/mol. The summed E-state index contributed by atoms with van der Waals surface area (Å²) < 4.78 is 8.99. The zero-order valence-electron chi connectivity index (χ0n) is 32.9. The first-order valence-electron chi connectivity index (χ1n) is 19.4. The molecule has 14 heteroatoms. The van der Waals surface area contributed by atoms with Crippen molar-refractivity contribution in [3.05, 3.63) is 93.8 Å². The lowest BCUT2D eigenvalue weighted by atomic mass is 9.89. The number of benzene rings is 1. The van der Waals surface area contributed by atoms with Crippen LogP contribution < -0.4 is 21.1 Å². The van der Waals surface area contributed by atoms with Crippen molar-refractivity contribution in [1.82, 2.24) is 28.9 Å². The summed E-state index contributed by atoms with van der Waals surface area (Å²) in [6.45, 7) is 18.3. The van der Waals surface area contributed by atoms with Gasteiger partial charge in [-0.05, 0) is 73.6 Å². The van der Waals surface area contributed by atoms with E-state index in [1.54, 1.807) is 30.4 Å². The number of anilines is 4. The number of hydrogen-bond donors (Lipinski definition) is 3. The van der Waals surface area contributed by atoms with E-state index in [1.165, 1.54) is 21.9 Å². The Kier molecular flexibility index (Phi) is 9.72. The van der Waals surface area contributed by atoms with Crippen molar-refractivity contribution in [2.24, 2.45) is 12.5 Å². The van der Waals surface area contributed by atoms with E-state index in [0.29, 0.717) is 58.8 Å². The zero-order valence-corrected chi connectivity index (χ0v) is 32.9. The second kappa shape index (κ2) is 14.4. The van der Waals surface area contributed by atoms with Crippen molar-refractivity contribution in [2.75, 3.05) is 61.5 Å². The molecule has 3 aliphatic heterocycles. The average Bonchev–Trinajstić information content (AvgIpc) is 3.64. The fraction of sp³-hybridized carbons (Fsp3) is 0.452. The Morgan fingerprint density at radius 2 is 1.84 bits per heavy atom. The number of fused-ring (bicyclic) bond motifs is 3. The normalized spacial score (nSPS) is 18.7. The number of piperazine rings is 1. The summed E-state index contributed by atoms with van der Waals surface area (Å²) in [7, 11) is 1.64. The number of aliphatic hydroxyl groups is 1. The summed E-state index contributed by atoms with van der Waals surface area (Å²) in [4.78, 5) is 56.1. The van der Waals surface area contributed by atoms with Gasteiger partial charge in [0.1, 0.15) is 11.5 Å². The second-order valence-electron chi connectivity index (χ2n) is 16.7. The summed E-state index contributed by atoms with van der Waals surface area (Å²) in [5, 5.41) is 17.0. The zero-order chi connectivity index (χ0) is 39.5. The van der Waals surface area contributed by atoms with E-state index in [0.717, 1.165) is 57.8 Å². The smallest absolute Gasteiger partial charge is 0.293 e. The van der Waals surface area contributed by atoms with Crippen LogP contribution in [0.2, 0.25) is 0 Å². The molecule has 4 aromatic rings. The van der Waals surface area contributed by atoms with Gasteiger partial charge >= 0.3 is 0 Å². The molecule has 0 atom stereocenters. The predicted octanol–water partition coefficient (Wildman–Crippen LogP) is 4.04. The molecule has 6 heterocycles. The first-order valence-corrected chi connectivity index (χ1v) is 19.4. The molecule has 1 aromatic carbocycles.